The van der Waals surface area contributed by atoms with Crippen molar-refractivity contribution in [2.75, 3.05) is 6.61 Å². The summed E-state index contributed by atoms with van der Waals surface area (Å²) in [5.74, 6) is 0.811. The van der Waals surface area contributed by atoms with E-state index in [1.165, 1.54) is 0 Å². The molecule has 3 rings (SSSR count). The normalized spacial score (nSPS) is 12.9. The van der Waals surface area contributed by atoms with Gasteiger partial charge in [0.2, 0.25) is 0 Å². The van der Waals surface area contributed by atoms with E-state index in [4.69, 9.17) is 9.72 Å². The van der Waals surface area contributed by atoms with Crippen molar-refractivity contribution in [3.63, 3.8) is 0 Å². The summed E-state index contributed by atoms with van der Waals surface area (Å²) >= 11 is 3.61. The van der Waals surface area contributed by atoms with Gasteiger partial charge in [0.15, 0.2) is 0 Å². The van der Waals surface area contributed by atoms with Crippen LogP contribution in [0.15, 0.2) is 59.5 Å². The Labute approximate surface area is 164 Å². The molecule has 0 radical (unpaired) electrons. The highest BCUT2D eigenvalue weighted by Crippen LogP contribution is 2.31. The molecule has 6 heteroatoms. The number of hydrogen-bond acceptors (Lipinski definition) is 3. The number of halogens is 1. The average Bonchev–Trinajstić information content (AvgIpc) is 3.01. The van der Waals surface area contributed by atoms with Crippen molar-refractivity contribution >= 4 is 24.0 Å². The van der Waals surface area contributed by atoms with Gasteiger partial charge in [0.05, 0.1) is 0 Å². The third-order valence-electron chi connectivity index (χ3n) is 4.12. The Morgan fingerprint density at radius 3 is 2.42 bits per heavy atom. The third kappa shape index (κ3) is 4.90. The first kappa shape index (κ1) is 19.0. The highest BCUT2D eigenvalue weighted by Gasteiger charge is 2.22. The lowest BCUT2D eigenvalue weighted by Gasteiger charge is -2.20. The minimum atomic E-state index is -1.16. The van der Waals surface area contributed by atoms with Gasteiger partial charge in [-0.05, 0) is 39.7 Å². The van der Waals surface area contributed by atoms with E-state index >= 15 is 0 Å². The largest absolute Gasteiger partial charge is 0.366 e. The second-order valence-corrected chi connectivity index (χ2v) is 13.9. The molecule has 1 unspecified atom stereocenters. The number of nitrogens with one attached hydrogen (secondary N) is 1. The number of imidazole rings is 1. The number of pyridine rings is 1. The van der Waals surface area contributed by atoms with Crippen LogP contribution < -0.4 is 0 Å². The van der Waals surface area contributed by atoms with Crippen LogP contribution >= 0.6 is 15.9 Å². The zero-order valence-corrected chi connectivity index (χ0v) is 18.0. The lowest BCUT2D eigenvalue weighted by atomic mass is 10.1. The number of H-pyrrole nitrogens is 1. The first-order chi connectivity index (χ1) is 12.4. The molecular weight excluding hydrogens is 406 g/mol. The van der Waals surface area contributed by atoms with Gasteiger partial charge in [-0.25, -0.2) is 4.98 Å². The minimum absolute atomic E-state index is 0.209. The minimum Gasteiger partial charge on any atom is -0.366 e. The van der Waals surface area contributed by atoms with Crippen LogP contribution in [0.4, 0.5) is 0 Å². The van der Waals surface area contributed by atoms with Gasteiger partial charge in [-0.3, -0.25) is 4.98 Å². The molecule has 4 nitrogen and oxygen atoms in total. The van der Waals surface area contributed by atoms with Crippen LogP contribution in [0.5, 0.6) is 0 Å². The van der Waals surface area contributed by atoms with E-state index in [0.717, 1.165) is 39.9 Å². The van der Waals surface area contributed by atoms with Gasteiger partial charge in [-0.1, -0.05) is 50.0 Å². The lowest BCUT2D eigenvalue weighted by Crippen LogP contribution is -2.22. The smallest absolute Gasteiger partial charge is 0.141 e. The summed E-state index contributed by atoms with van der Waals surface area (Å²) in [4.78, 5) is 12.3. The first-order valence-corrected chi connectivity index (χ1v) is 13.3. The van der Waals surface area contributed by atoms with Crippen molar-refractivity contribution in [2.24, 2.45) is 0 Å². The van der Waals surface area contributed by atoms with Gasteiger partial charge >= 0.3 is 0 Å². The van der Waals surface area contributed by atoms with Gasteiger partial charge in [0, 0.05) is 32.6 Å². The van der Waals surface area contributed by atoms with E-state index in [9.17, 15) is 0 Å². The van der Waals surface area contributed by atoms with E-state index in [1.54, 1.807) is 12.4 Å². The topological polar surface area (TPSA) is 50.8 Å². The van der Waals surface area contributed by atoms with Crippen LogP contribution in [0.3, 0.4) is 0 Å². The zero-order valence-electron chi connectivity index (χ0n) is 15.4. The number of benzene rings is 1. The molecule has 0 spiro atoms. The van der Waals surface area contributed by atoms with Crippen LogP contribution in [-0.2, 0) is 4.74 Å². The summed E-state index contributed by atoms with van der Waals surface area (Å²) in [6, 6.07) is 15.3. The van der Waals surface area contributed by atoms with E-state index in [1.807, 2.05) is 30.3 Å². The molecule has 0 fully saturated rings. The standard InChI is InChI=1S/C20H24BrN3OSi/c1-26(2,3)14-13-25-18(16-7-5-4-6-8-16)20-23-17(19(21)24-20)15-9-11-22-12-10-15/h4-12,18H,13-14H2,1-3H3,(H,23,24). The van der Waals surface area contributed by atoms with Crippen LogP contribution in [0, 0.1) is 0 Å². The maximum absolute atomic E-state index is 6.30. The van der Waals surface area contributed by atoms with Crippen molar-refractivity contribution < 1.29 is 4.74 Å². The molecule has 1 N–H and O–H groups in total. The Hall–Kier alpha value is -1.76. The van der Waals surface area contributed by atoms with Crippen LogP contribution in [-0.4, -0.2) is 29.6 Å². The number of ether oxygens (including phenoxy) is 1. The molecular formula is C20H24BrN3OSi. The summed E-state index contributed by atoms with van der Waals surface area (Å²) in [6.07, 6.45) is 3.34. The molecule has 0 aliphatic carbocycles. The summed E-state index contributed by atoms with van der Waals surface area (Å²) < 4.78 is 7.16. The average molecular weight is 430 g/mol. The number of rotatable bonds is 7. The maximum atomic E-state index is 6.30. The van der Waals surface area contributed by atoms with E-state index in [0.29, 0.717) is 0 Å². The molecule has 26 heavy (non-hydrogen) atoms. The molecule has 136 valence electrons. The Balaban J connectivity index is 1.90. The second kappa shape index (κ2) is 8.29. The molecule has 0 bridgehead atoms. The molecule has 1 aromatic carbocycles. The molecule has 0 aliphatic heterocycles. The van der Waals surface area contributed by atoms with E-state index in [-0.39, 0.29) is 6.10 Å². The van der Waals surface area contributed by atoms with Gasteiger partial charge in [-0.15, -0.1) is 0 Å². The Bertz CT molecular complexity index is 831. The number of hydrogen-bond donors (Lipinski definition) is 1. The molecule has 2 aromatic heterocycles. The highest BCUT2D eigenvalue weighted by atomic mass is 79.9. The fraction of sp³-hybridized carbons (Fsp3) is 0.300. The van der Waals surface area contributed by atoms with Gasteiger partial charge in [0.25, 0.3) is 0 Å². The maximum Gasteiger partial charge on any atom is 0.141 e. The molecule has 0 saturated heterocycles. The highest BCUT2D eigenvalue weighted by molar-refractivity contribution is 9.10. The predicted octanol–water partition coefficient (Wildman–Crippen LogP) is 5.68. The van der Waals surface area contributed by atoms with Crippen molar-refractivity contribution in [3.8, 4) is 11.3 Å². The summed E-state index contributed by atoms with van der Waals surface area (Å²) in [5.41, 5.74) is 2.99. The second-order valence-electron chi connectivity index (χ2n) is 7.49. The number of aromatic nitrogens is 3. The third-order valence-corrected chi connectivity index (χ3v) is 6.40. The quantitative estimate of drug-likeness (QED) is 0.491. The van der Waals surface area contributed by atoms with Crippen molar-refractivity contribution in [2.45, 2.75) is 31.8 Å². The molecule has 0 aliphatic rings. The fourth-order valence-electron chi connectivity index (χ4n) is 2.64. The number of aromatic amines is 1. The van der Waals surface area contributed by atoms with E-state index < -0.39 is 8.07 Å². The summed E-state index contributed by atoms with van der Waals surface area (Å²) in [6.45, 7) is 7.81. The lowest BCUT2D eigenvalue weighted by molar-refractivity contribution is 0.0851. The number of nitrogens with zero attached hydrogens (tertiary/aromatic N) is 2. The molecule has 0 amide bonds. The van der Waals surface area contributed by atoms with Crippen LogP contribution in [0.1, 0.15) is 17.5 Å². The van der Waals surface area contributed by atoms with Crippen molar-refractivity contribution in [1.82, 2.24) is 15.0 Å². The monoisotopic (exact) mass is 429 g/mol. The van der Waals surface area contributed by atoms with Crippen LogP contribution in [0.25, 0.3) is 11.3 Å². The Morgan fingerprint density at radius 2 is 1.77 bits per heavy atom. The fourth-order valence-corrected chi connectivity index (χ4v) is 3.89. The zero-order chi connectivity index (χ0) is 18.6. The van der Waals surface area contributed by atoms with Crippen molar-refractivity contribution in [1.29, 1.82) is 0 Å². The predicted molar refractivity (Wildman–Crippen MR) is 112 cm³/mol. The Kier molecular flexibility index (Phi) is 6.06. The van der Waals surface area contributed by atoms with Crippen molar-refractivity contribution in [3.05, 3.63) is 70.8 Å². The Morgan fingerprint density at radius 1 is 1.08 bits per heavy atom. The van der Waals surface area contributed by atoms with Gasteiger partial charge in [-0.2, -0.15) is 0 Å². The summed E-state index contributed by atoms with van der Waals surface area (Å²) in [5, 5.41) is 0. The SMILES string of the molecule is C[Si](C)(C)CCOC(c1ccccc1)c1nc(-c2ccncc2)c(Br)[nH]1. The molecule has 0 saturated carbocycles. The van der Waals surface area contributed by atoms with E-state index in [2.05, 4.69) is 57.7 Å². The molecule has 2 heterocycles. The molecule has 1 atom stereocenters. The van der Waals surface area contributed by atoms with Gasteiger partial charge < -0.3 is 9.72 Å². The molecule has 3 aromatic rings. The van der Waals surface area contributed by atoms with Crippen LogP contribution in [0.2, 0.25) is 25.7 Å². The first-order valence-electron chi connectivity index (χ1n) is 8.76. The van der Waals surface area contributed by atoms with Gasteiger partial charge in [0.1, 0.15) is 22.2 Å². The summed E-state index contributed by atoms with van der Waals surface area (Å²) in [7, 11) is -1.16.